The third-order valence-corrected chi connectivity index (χ3v) is 9.81. The molecule has 7 N–H and O–H groups in total. The van der Waals surface area contributed by atoms with Gasteiger partial charge in [-0.3, -0.25) is 33.8 Å². The summed E-state index contributed by atoms with van der Waals surface area (Å²) in [6.45, 7) is 5.72. The molecule has 0 heterocycles. The smallest absolute Gasteiger partial charge is 0.413 e. The number of phenolic OH excluding ortho intramolecular Hbond substituents is 1. The Morgan fingerprint density at radius 3 is 2.25 bits per heavy atom. The molecule has 1 aromatic carbocycles. The van der Waals surface area contributed by atoms with Crippen LogP contribution in [-0.4, -0.2) is 125 Å². The molecule has 0 radical (unpaired) electrons. The molecule has 1 aromatic rings. The number of unbranched alkanes of at least 4 members (excludes halogenated alkanes) is 1. The molecule has 1 saturated carbocycles. The Kier molecular flexibility index (Phi) is 11.5. The summed E-state index contributed by atoms with van der Waals surface area (Å²) >= 11 is 0. The second kappa shape index (κ2) is 15.1. The standard InChI is InChI=1S/C36H49N5O12/c1-9-10-11-41(34(50)53-16-52-33(49)35(2,3)4)15-22(42)38-20-14-21(39(5)6)18-12-17-13-19-26(40(7)8)29(45)25(32(37)48)31(47)36(19,51)30(46)23(17)28(44)24(18)27(20)43/h14,17,19,26,43-44,47,51H,9-13,15-16H2,1-8H3,(H2,37,48)(H,38,42)/t17-,19-,26-,36-/m0/s1. The average molecular weight is 744 g/mol. The second-order valence-corrected chi connectivity index (χ2v) is 15.0. The monoisotopic (exact) mass is 743 g/mol. The number of nitrogens with one attached hydrogen (secondary N) is 1. The van der Waals surface area contributed by atoms with E-state index < -0.39 is 101 Å². The van der Waals surface area contributed by atoms with E-state index in [0.717, 1.165) is 4.90 Å². The molecule has 0 spiro atoms. The molecule has 0 aliphatic heterocycles. The van der Waals surface area contributed by atoms with Crippen molar-refractivity contribution in [3.05, 3.63) is 34.1 Å². The molecule has 17 nitrogen and oxygen atoms in total. The van der Waals surface area contributed by atoms with Crippen LogP contribution >= 0.6 is 0 Å². The van der Waals surface area contributed by atoms with Crippen molar-refractivity contribution < 1.29 is 58.7 Å². The van der Waals surface area contributed by atoms with Gasteiger partial charge in [-0.05, 0) is 71.7 Å². The first-order valence-electron chi connectivity index (χ1n) is 17.2. The number of phenols is 1. The lowest BCUT2D eigenvalue weighted by Gasteiger charge is -2.50. The predicted octanol–water partition coefficient (Wildman–Crippen LogP) is 1.75. The zero-order chi connectivity index (χ0) is 39.9. The lowest BCUT2D eigenvalue weighted by molar-refractivity contribution is -0.162. The van der Waals surface area contributed by atoms with E-state index in [0.29, 0.717) is 24.1 Å². The Morgan fingerprint density at radius 1 is 1.06 bits per heavy atom. The van der Waals surface area contributed by atoms with E-state index in [4.69, 9.17) is 15.2 Å². The Balaban J connectivity index is 1.71. The lowest BCUT2D eigenvalue weighted by atomic mass is 9.57. The first-order valence-corrected chi connectivity index (χ1v) is 17.2. The number of nitrogens with two attached hydrogens (primary N) is 1. The second-order valence-electron chi connectivity index (χ2n) is 15.0. The van der Waals surface area contributed by atoms with Gasteiger partial charge >= 0.3 is 12.1 Å². The van der Waals surface area contributed by atoms with Crippen LogP contribution in [0.25, 0.3) is 5.76 Å². The van der Waals surface area contributed by atoms with Crippen LogP contribution in [0, 0.1) is 17.3 Å². The molecule has 3 aliphatic carbocycles. The molecule has 0 aromatic heterocycles. The van der Waals surface area contributed by atoms with Gasteiger partial charge in [0.05, 0.1) is 22.7 Å². The van der Waals surface area contributed by atoms with Crippen molar-refractivity contribution in [3.63, 3.8) is 0 Å². The topological polar surface area (TPSA) is 250 Å². The molecule has 1 fully saturated rings. The van der Waals surface area contributed by atoms with E-state index in [2.05, 4.69) is 5.32 Å². The summed E-state index contributed by atoms with van der Waals surface area (Å²) in [7, 11) is 6.40. The van der Waals surface area contributed by atoms with Gasteiger partial charge in [-0.2, -0.15) is 0 Å². The number of anilines is 2. The summed E-state index contributed by atoms with van der Waals surface area (Å²) in [5.74, 6) is -9.29. The number of hydrogen-bond donors (Lipinski definition) is 6. The number of aromatic hydroxyl groups is 1. The third kappa shape index (κ3) is 7.40. The Morgan fingerprint density at radius 2 is 1.70 bits per heavy atom. The molecule has 4 atom stereocenters. The molecule has 0 bridgehead atoms. The van der Waals surface area contributed by atoms with Crippen molar-refractivity contribution in [1.82, 2.24) is 9.80 Å². The summed E-state index contributed by atoms with van der Waals surface area (Å²) < 4.78 is 10.1. The summed E-state index contributed by atoms with van der Waals surface area (Å²) in [6.07, 6.45) is 0.224. The maximum absolute atomic E-state index is 14.2. The largest absolute Gasteiger partial charge is 0.508 e. The highest BCUT2D eigenvalue weighted by Crippen LogP contribution is 2.54. The third-order valence-electron chi connectivity index (χ3n) is 9.81. The van der Waals surface area contributed by atoms with E-state index in [1.165, 1.54) is 25.1 Å². The van der Waals surface area contributed by atoms with Crippen LogP contribution in [0.1, 0.15) is 58.1 Å². The first kappa shape index (κ1) is 40.6. The van der Waals surface area contributed by atoms with Crippen LogP contribution in [0.2, 0.25) is 0 Å². The van der Waals surface area contributed by atoms with Gasteiger partial charge in [-0.15, -0.1) is 0 Å². The van der Waals surface area contributed by atoms with Crippen molar-refractivity contribution in [2.45, 2.75) is 65.0 Å². The molecular weight excluding hydrogens is 694 g/mol. The number of carbonyl (C=O) groups excluding carboxylic acids is 6. The quantitative estimate of drug-likeness (QED) is 0.0818. The van der Waals surface area contributed by atoms with Crippen LogP contribution in [0.3, 0.4) is 0 Å². The van der Waals surface area contributed by atoms with Gasteiger partial charge in [0.2, 0.25) is 18.5 Å². The summed E-state index contributed by atoms with van der Waals surface area (Å²) in [6, 6.07) is 0.242. The fourth-order valence-corrected chi connectivity index (χ4v) is 7.17. The van der Waals surface area contributed by atoms with E-state index >= 15 is 0 Å². The minimum Gasteiger partial charge on any atom is -0.508 e. The van der Waals surface area contributed by atoms with Crippen molar-refractivity contribution in [2.75, 3.05) is 58.3 Å². The summed E-state index contributed by atoms with van der Waals surface area (Å²) in [5, 5.41) is 48.8. The van der Waals surface area contributed by atoms with E-state index in [1.807, 2.05) is 6.92 Å². The molecular formula is C36H49N5O12. The number of likely N-dealkylation sites (N-methyl/N-ethyl adjacent to an activating group) is 1. The van der Waals surface area contributed by atoms with Gasteiger partial charge in [0, 0.05) is 37.8 Å². The fourth-order valence-electron chi connectivity index (χ4n) is 7.17. The normalized spacial score (nSPS) is 22.5. The first-order chi connectivity index (χ1) is 24.6. The number of primary amides is 1. The van der Waals surface area contributed by atoms with Crippen molar-refractivity contribution >= 4 is 52.6 Å². The van der Waals surface area contributed by atoms with Crippen LogP contribution in [0.5, 0.6) is 5.75 Å². The number of hydrogen-bond acceptors (Lipinski definition) is 14. The highest BCUT2D eigenvalue weighted by atomic mass is 16.7. The minimum atomic E-state index is -2.81. The maximum atomic E-state index is 14.2. The Labute approximate surface area is 307 Å². The average Bonchev–Trinajstić information content (AvgIpc) is 3.04. The van der Waals surface area contributed by atoms with Crippen molar-refractivity contribution in [2.24, 2.45) is 23.0 Å². The summed E-state index contributed by atoms with van der Waals surface area (Å²) in [5.41, 5.74) is 0.941. The number of ether oxygens (including phenoxy) is 2. The summed E-state index contributed by atoms with van der Waals surface area (Å²) in [4.78, 5) is 82.3. The number of aliphatic hydroxyl groups is 3. The van der Waals surface area contributed by atoms with Gasteiger partial charge in [0.15, 0.2) is 11.4 Å². The molecule has 0 unspecified atom stereocenters. The molecule has 3 aliphatic rings. The lowest BCUT2D eigenvalue weighted by Crippen LogP contribution is -2.65. The number of ketones is 2. The fraction of sp³-hybridized carbons (Fsp3) is 0.556. The zero-order valence-corrected chi connectivity index (χ0v) is 31.2. The number of fused-ring (bicyclic) bond motifs is 3. The van der Waals surface area contributed by atoms with Crippen LogP contribution < -0.4 is 16.0 Å². The van der Waals surface area contributed by atoms with Crippen LogP contribution in [-0.2, 0) is 39.9 Å². The van der Waals surface area contributed by atoms with Gasteiger partial charge in [0.1, 0.15) is 29.4 Å². The maximum Gasteiger partial charge on any atom is 0.413 e. The number of amides is 3. The molecule has 290 valence electrons. The molecule has 17 heteroatoms. The van der Waals surface area contributed by atoms with E-state index in [9.17, 15) is 49.2 Å². The molecule has 53 heavy (non-hydrogen) atoms. The van der Waals surface area contributed by atoms with Gasteiger partial charge in [0.25, 0.3) is 5.91 Å². The predicted molar refractivity (Wildman–Crippen MR) is 191 cm³/mol. The van der Waals surface area contributed by atoms with E-state index in [1.54, 1.807) is 39.8 Å². The zero-order valence-electron chi connectivity index (χ0n) is 31.2. The SMILES string of the molecule is CCCCN(CC(=O)Nc1cc(N(C)C)c2c(c1O)C(O)=C1C(=O)[C@]3(O)C(O)=C(C(N)=O)C(=O)[C@@H](N(C)C)[C@@H]3C[C@@H]1C2)C(=O)OCOC(=O)C(C)(C)C. The number of benzene rings is 1. The van der Waals surface area contributed by atoms with Gasteiger partial charge in [-0.25, -0.2) is 4.79 Å². The number of rotatable bonds is 11. The molecule has 0 saturated heterocycles. The highest BCUT2D eigenvalue weighted by molar-refractivity contribution is 6.24. The highest BCUT2D eigenvalue weighted by Gasteiger charge is 2.64. The number of aliphatic hydroxyl groups excluding tert-OH is 2. The Bertz CT molecular complexity index is 1790. The number of nitrogens with zero attached hydrogens (tertiary/aromatic N) is 3. The number of carbonyl (C=O) groups is 6. The van der Waals surface area contributed by atoms with Crippen LogP contribution in [0.15, 0.2) is 23.0 Å². The minimum absolute atomic E-state index is 0.0419. The van der Waals surface area contributed by atoms with Crippen LogP contribution in [0.4, 0.5) is 16.2 Å². The molecule has 4 rings (SSSR count). The van der Waals surface area contributed by atoms with Crippen molar-refractivity contribution in [1.29, 1.82) is 0 Å². The van der Waals surface area contributed by atoms with Gasteiger partial charge < -0.3 is 45.9 Å². The van der Waals surface area contributed by atoms with Gasteiger partial charge in [-0.1, -0.05) is 13.3 Å². The van der Waals surface area contributed by atoms with Crippen molar-refractivity contribution in [3.8, 4) is 5.75 Å². The molecule has 3 amide bonds. The van der Waals surface area contributed by atoms with E-state index in [-0.39, 0.29) is 36.2 Å². The number of esters is 1. The Hall–Kier alpha value is -5.16. The number of Topliss-reactive ketones (excluding diaryl/α,β-unsaturated/α-hetero) is 2.